The Bertz CT molecular complexity index is 594. The predicted molar refractivity (Wildman–Crippen MR) is 55.4 cm³/mol. The van der Waals surface area contributed by atoms with Gasteiger partial charge in [0.2, 0.25) is 0 Å². The summed E-state index contributed by atoms with van der Waals surface area (Å²) >= 11 is 0. The number of nitro groups is 1. The molecule has 6 heteroatoms. The van der Waals surface area contributed by atoms with Gasteiger partial charge >= 0.3 is 11.8 Å². The molecule has 0 saturated carbocycles. The zero-order chi connectivity index (χ0) is 11.7. The van der Waals surface area contributed by atoms with Gasteiger partial charge in [0.05, 0.1) is 5.56 Å². The molecule has 16 heavy (non-hydrogen) atoms. The highest BCUT2D eigenvalue weighted by Gasteiger charge is 2.14. The van der Waals surface area contributed by atoms with Gasteiger partial charge in [0.1, 0.15) is 0 Å². The fraction of sp³-hybridized carbons (Fsp3) is 0. The topological polar surface area (TPSA) is 93.3 Å². The maximum absolute atomic E-state index is 10.9. The minimum Gasteiger partial charge on any atom is -0.478 e. The van der Waals surface area contributed by atoms with E-state index in [2.05, 4.69) is 4.98 Å². The molecule has 1 N–H and O–H groups in total. The fourth-order valence-corrected chi connectivity index (χ4v) is 1.43. The van der Waals surface area contributed by atoms with Crippen LogP contribution in [0.1, 0.15) is 10.4 Å². The number of aromatic nitrogens is 1. The first kappa shape index (κ1) is 10.0. The second kappa shape index (κ2) is 3.58. The molecule has 0 unspecified atom stereocenters. The average Bonchev–Trinajstić information content (AvgIpc) is 2.27. The number of carboxylic acids is 1. The van der Waals surface area contributed by atoms with Gasteiger partial charge in [-0.3, -0.25) is 0 Å². The number of rotatable bonds is 2. The van der Waals surface area contributed by atoms with Crippen LogP contribution in [0.25, 0.3) is 10.9 Å². The van der Waals surface area contributed by atoms with Gasteiger partial charge in [0, 0.05) is 11.5 Å². The average molecular weight is 218 g/mol. The lowest BCUT2D eigenvalue weighted by atomic mass is 10.1. The molecule has 0 radical (unpaired) electrons. The van der Waals surface area contributed by atoms with Crippen molar-refractivity contribution in [3.8, 4) is 0 Å². The van der Waals surface area contributed by atoms with Crippen LogP contribution < -0.4 is 0 Å². The molecule has 0 spiro atoms. The van der Waals surface area contributed by atoms with E-state index < -0.39 is 10.9 Å². The molecule has 0 fully saturated rings. The number of carboxylic acid groups (broad SMARTS) is 1. The molecule has 0 bridgehead atoms. The van der Waals surface area contributed by atoms with Crippen molar-refractivity contribution in [1.29, 1.82) is 0 Å². The molecule has 0 aliphatic heterocycles. The standard InChI is InChI=1S/C10H6N2O4/c13-10(14)7-2-1-3-8-6(7)4-5-9(11-8)12(15)16/h1-5H,(H,13,14). The third-order valence-electron chi connectivity index (χ3n) is 2.13. The summed E-state index contributed by atoms with van der Waals surface area (Å²) in [5.41, 5.74) is 0.383. The summed E-state index contributed by atoms with van der Waals surface area (Å²) in [6.07, 6.45) is 0. The Labute approximate surface area is 89.3 Å². The monoisotopic (exact) mass is 218 g/mol. The van der Waals surface area contributed by atoms with Crippen molar-refractivity contribution >= 4 is 22.7 Å². The molecule has 2 rings (SSSR count). The molecular formula is C10H6N2O4. The zero-order valence-corrected chi connectivity index (χ0v) is 7.95. The Balaban J connectivity index is 2.73. The van der Waals surface area contributed by atoms with E-state index in [0.29, 0.717) is 10.9 Å². The molecule has 1 aromatic carbocycles. The van der Waals surface area contributed by atoms with Crippen molar-refractivity contribution in [2.24, 2.45) is 0 Å². The summed E-state index contributed by atoms with van der Waals surface area (Å²) in [6, 6.07) is 7.05. The molecule has 1 heterocycles. The van der Waals surface area contributed by atoms with Gasteiger partial charge in [0.15, 0.2) is 5.52 Å². The smallest absolute Gasteiger partial charge is 0.364 e. The lowest BCUT2D eigenvalue weighted by molar-refractivity contribution is -0.389. The molecule has 2 aromatic rings. The SMILES string of the molecule is O=C(O)c1cccc2nc([N+](=O)[O-])ccc12. The number of aromatic carboxylic acids is 1. The normalized spacial score (nSPS) is 10.2. The summed E-state index contributed by atoms with van der Waals surface area (Å²) in [6.45, 7) is 0. The number of nitrogens with zero attached hydrogens (tertiary/aromatic N) is 2. The number of fused-ring (bicyclic) bond motifs is 1. The van der Waals surface area contributed by atoms with Crippen LogP contribution >= 0.6 is 0 Å². The lowest BCUT2D eigenvalue weighted by Gasteiger charge is -1.98. The van der Waals surface area contributed by atoms with Crippen molar-refractivity contribution in [2.75, 3.05) is 0 Å². The summed E-state index contributed by atoms with van der Waals surface area (Å²) in [5, 5.41) is 19.8. The van der Waals surface area contributed by atoms with Crippen LogP contribution in [0.15, 0.2) is 30.3 Å². The van der Waals surface area contributed by atoms with E-state index >= 15 is 0 Å². The van der Waals surface area contributed by atoms with Crippen molar-refractivity contribution in [3.05, 3.63) is 46.0 Å². The van der Waals surface area contributed by atoms with Crippen LogP contribution in [0.5, 0.6) is 0 Å². The van der Waals surface area contributed by atoms with E-state index in [1.807, 2.05) is 0 Å². The van der Waals surface area contributed by atoms with Gasteiger partial charge in [0.25, 0.3) is 0 Å². The summed E-state index contributed by atoms with van der Waals surface area (Å²) in [5.74, 6) is -1.38. The van der Waals surface area contributed by atoms with Gasteiger partial charge in [-0.15, -0.1) is 0 Å². The van der Waals surface area contributed by atoms with E-state index in [1.165, 1.54) is 30.3 Å². The third kappa shape index (κ3) is 1.56. The van der Waals surface area contributed by atoms with Crippen LogP contribution in [0.2, 0.25) is 0 Å². The molecule has 0 aliphatic carbocycles. The summed E-state index contributed by atoms with van der Waals surface area (Å²) < 4.78 is 0. The summed E-state index contributed by atoms with van der Waals surface area (Å²) in [7, 11) is 0. The maximum atomic E-state index is 10.9. The second-order valence-electron chi connectivity index (χ2n) is 3.10. The molecule has 0 aliphatic rings. The Kier molecular flexibility index (Phi) is 2.24. The number of hydrogen-bond acceptors (Lipinski definition) is 4. The molecule has 6 nitrogen and oxygen atoms in total. The molecule has 0 atom stereocenters. The number of hydrogen-bond donors (Lipinski definition) is 1. The van der Waals surface area contributed by atoms with E-state index in [1.54, 1.807) is 0 Å². The van der Waals surface area contributed by atoms with E-state index in [-0.39, 0.29) is 11.4 Å². The molecule has 0 saturated heterocycles. The molecule has 0 amide bonds. The number of pyridine rings is 1. The first-order valence-electron chi connectivity index (χ1n) is 4.37. The van der Waals surface area contributed by atoms with Gasteiger partial charge in [-0.05, 0) is 28.1 Å². The van der Waals surface area contributed by atoms with Crippen molar-refractivity contribution in [3.63, 3.8) is 0 Å². The first-order chi connectivity index (χ1) is 7.59. The van der Waals surface area contributed by atoms with Crippen LogP contribution in [-0.4, -0.2) is 21.0 Å². The van der Waals surface area contributed by atoms with Crippen molar-refractivity contribution < 1.29 is 14.8 Å². The number of benzene rings is 1. The molecule has 1 aromatic heterocycles. The van der Waals surface area contributed by atoms with Crippen LogP contribution in [0, 0.1) is 10.1 Å². The highest BCUT2D eigenvalue weighted by molar-refractivity contribution is 6.02. The lowest BCUT2D eigenvalue weighted by Crippen LogP contribution is -1.99. The quantitative estimate of drug-likeness (QED) is 0.613. The van der Waals surface area contributed by atoms with Crippen molar-refractivity contribution in [1.82, 2.24) is 4.98 Å². The van der Waals surface area contributed by atoms with Crippen LogP contribution in [0.4, 0.5) is 5.82 Å². The Morgan fingerprint density at radius 1 is 1.31 bits per heavy atom. The first-order valence-corrected chi connectivity index (χ1v) is 4.37. The maximum Gasteiger partial charge on any atom is 0.364 e. The van der Waals surface area contributed by atoms with E-state index in [4.69, 9.17) is 5.11 Å². The Morgan fingerprint density at radius 2 is 2.06 bits per heavy atom. The Morgan fingerprint density at radius 3 is 2.69 bits per heavy atom. The largest absolute Gasteiger partial charge is 0.478 e. The van der Waals surface area contributed by atoms with Crippen LogP contribution in [0.3, 0.4) is 0 Å². The minimum absolute atomic E-state index is 0.0832. The van der Waals surface area contributed by atoms with Gasteiger partial charge in [-0.2, -0.15) is 0 Å². The highest BCUT2D eigenvalue weighted by atomic mass is 16.6. The van der Waals surface area contributed by atoms with Gasteiger partial charge < -0.3 is 15.2 Å². The third-order valence-corrected chi connectivity index (χ3v) is 2.13. The van der Waals surface area contributed by atoms with E-state index in [0.717, 1.165) is 0 Å². The minimum atomic E-state index is -1.08. The molecular weight excluding hydrogens is 212 g/mol. The van der Waals surface area contributed by atoms with Crippen molar-refractivity contribution in [2.45, 2.75) is 0 Å². The highest BCUT2D eigenvalue weighted by Crippen LogP contribution is 2.20. The Hall–Kier alpha value is -2.50. The second-order valence-corrected chi connectivity index (χ2v) is 3.10. The fourth-order valence-electron chi connectivity index (χ4n) is 1.43. The predicted octanol–water partition coefficient (Wildman–Crippen LogP) is 1.84. The van der Waals surface area contributed by atoms with Crippen LogP contribution in [-0.2, 0) is 0 Å². The molecule has 80 valence electrons. The van der Waals surface area contributed by atoms with Gasteiger partial charge in [-0.25, -0.2) is 4.79 Å². The van der Waals surface area contributed by atoms with E-state index in [9.17, 15) is 14.9 Å². The number of carbonyl (C=O) groups is 1. The zero-order valence-electron chi connectivity index (χ0n) is 7.95. The van der Waals surface area contributed by atoms with Gasteiger partial charge in [-0.1, -0.05) is 6.07 Å². The summed E-state index contributed by atoms with van der Waals surface area (Å²) in [4.78, 5) is 24.5.